The molecule has 0 amide bonds. The Hall–Kier alpha value is -0.430. The van der Waals surface area contributed by atoms with Crippen molar-refractivity contribution < 1.29 is 0 Å². The van der Waals surface area contributed by atoms with Crippen LogP contribution in [-0.4, -0.2) is 5.75 Å². The zero-order valence-electron chi connectivity index (χ0n) is 11.0. The van der Waals surface area contributed by atoms with E-state index >= 15 is 0 Å². The maximum atomic E-state index is 2.29. The van der Waals surface area contributed by atoms with Crippen LogP contribution in [0.3, 0.4) is 0 Å². The van der Waals surface area contributed by atoms with Crippen molar-refractivity contribution in [3.05, 3.63) is 34.9 Å². The number of aryl methyl sites for hydroxylation is 1. The average molecular weight is 236 g/mol. The fourth-order valence-corrected chi connectivity index (χ4v) is 3.12. The lowest BCUT2D eigenvalue weighted by Gasteiger charge is -2.15. The molecule has 0 bridgehead atoms. The van der Waals surface area contributed by atoms with Crippen molar-refractivity contribution in [2.45, 2.75) is 52.2 Å². The summed E-state index contributed by atoms with van der Waals surface area (Å²) in [5.41, 5.74) is 4.55. The van der Waals surface area contributed by atoms with Crippen LogP contribution < -0.4 is 0 Å². The fraction of sp³-hybridized carbons (Fsp3) is 0.600. The van der Waals surface area contributed by atoms with Gasteiger partial charge in [0.15, 0.2) is 0 Å². The van der Waals surface area contributed by atoms with Gasteiger partial charge in [-0.1, -0.05) is 45.4 Å². The molecule has 0 saturated heterocycles. The first kappa shape index (κ1) is 13.6. The minimum Gasteiger partial charge on any atom is -0.157 e. The van der Waals surface area contributed by atoms with E-state index in [1.165, 1.54) is 35.5 Å². The van der Waals surface area contributed by atoms with Crippen LogP contribution in [0.15, 0.2) is 18.2 Å². The van der Waals surface area contributed by atoms with Crippen LogP contribution in [0.1, 0.15) is 56.2 Å². The molecule has 0 unspecified atom stereocenters. The molecule has 0 N–H and O–H groups in total. The van der Waals surface area contributed by atoms with Gasteiger partial charge in [-0.25, -0.2) is 0 Å². The highest BCUT2D eigenvalue weighted by atomic mass is 32.2. The molecule has 0 nitrogen and oxygen atoms in total. The zero-order valence-corrected chi connectivity index (χ0v) is 11.9. The molecule has 0 radical (unpaired) electrons. The summed E-state index contributed by atoms with van der Waals surface area (Å²) in [5.74, 6) is 3.12. The van der Waals surface area contributed by atoms with Crippen molar-refractivity contribution in [3.8, 4) is 0 Å². The van der Waals surface area contributed by atoms with Gasteiger partial charge in [0, 0.05) is 5.75 Å². The zero-order chi connectivity index (χ0) is 12.0. The quantitative estimate of drug-likeness (QED) is 0.615. The summed E-state index contributed by atoms with van der Waals surface area (Å²) in [6, 6.07) is 6.71. The van der Waals surface area contributed by atoms with Crippen LogP contribution in [0.2, 0.25) is 0 Å². The van der Waals surface area contributed by atoms with Crippen molar-refractivity contribution in [1.29, 1.82) is 0 Å². The second-order valence-corrected chi connectivity index (χ2v) is 5.81. The van der Waals surface area contributed by atoms with Gasteiger partial charge in [0.2, 0.25) is 0 Å². The van der Waals surface area contributed by atoms with Crippen molar-refractivity contribution in [1.82, 2.24) is 0 Å². The molecule has 1 heteroatoms. The molecule has 0 spiro atoms. The highest BCUT2D eigenvalue weighted by molar-refractivity contribution is 7.98. The van der Waals surface area contributed by atoms with E-state index in [-0.39, 0.29) is 0 Å². The van der Waals surface area contributed by atoms with Crippen LogP contribution in [0.25, 0.3) is 0 Å². The first-order valence-electron chi connectivity index (χ1n) is 6.33. The average Bonchev–Trinajstić information content (AvgIpc) is 2.25. The lowest BCUT2D eigenvalue weighted by molar-refractivity contribution is 0.851. The fourth-order valence-electron chi connectivity index (χ4n) is 1.88. The van der Waals surface area contributed by atoms with Crippen LogP contribution in [0, 0.1) is 6.92 Å². The molecule has 0 aliphatic carbocycles. The third-order valence-corrected chi connectivity index (χ3v) is 4.03. The van der Waals surface area contributed by atoms with Crippen LogP contribution in [0.4, 0.5) is 0 Å². The van der Waals surface area contributed by atoms with Crippen molar-refractivity contribution in [2.24, 2.45) is 0 Å². The molecule has 0 aliphatic rings. The third kappa shape index (κ3) is 3.86. The van der Waals surface area contributed by atoms with Gasteiger partial charge >= 0.3 is 0 Å². The molecule has 0 aliphatic heterocycles. The summed E-state index contributed by atoms with van der Waals surface area (Å²) in [6.07, 6.45) is 2.64. The van der Waals surface area contributed by atoms with Gasteiger partial charge in [0.1, 0.15) is 0 Å². The molecule has 0 heterocycles. The van der Waals surface area contributed by atoms with Gasteiger partial charge in [-0.2, -0.15) is 11.8 Å². The highest BCUT2D eigenvalue weighted by Gasteiger charge is 2.08. The topological polar surface area (TPSA) is 0 Å². The van der Waals surface area contributed by atoms with E-state index < -0.39 is 0 Å². The summed E-state index contributed by atoms with van der Waals surface area (Å²) in [6.45, 7) is 9.07. The molecule has 0 saturated carbocycles. The summed E-state index contributed by atoms with van der Waals surface area (Å²) < 4.78 is 0. The lowest BCUT2D eigenvalue weighted by atomic mass is 9.95. The Kier molecular flexibility index (Phi) is 5.97. The van der Waals surface area contributed by atoms with Crippen molar-refractivity contribution in [3.63, 3.8) is 0 Å². The second kappa shape index (κ2) is 7.01. The molecule has 0 fully saturated rings. The summed E-state index contributed by atoms with van der Waals surface area (Å²) in [5, 5.41) is 0. The number of hydrogen-bond acceptors (Lipinski definition) is 1. The number of rotatable bonds is 6. The number of unbranched alkanes of at least 4 members (excludes halogenated alkanes) is 1. The van der Waals surface area contributed by atoms with Crippen LogP contribution in [0.5, 0.6) is 0 Å². The normalized spacial score (nSPS) is 11.1. The Morgan fingerprint density at radius 1 is 1.25 bits per heavy atom. The van der Waals surface area contributed by atoms with Gasteiger partial charge in [0.25, 0.3) is 0 Å². The summed E-state index contributed by atoms with van der Waals surface area (Å²) in [7, 11) is 0. The Morgan fingerprint density at radius 3 is 2.62 bits per heavy atom. The predicted molar refractivity (Wildman–Crippen MR) is 76.3 cm³/mol. The van der Waals surface area contributed by atoms with E-state index in [4.69, 9.17) is 0 Å². The largest absolute Gasteiger partial charge is 0.157 e. The van der Waals surface area contributed by atoms with Gasteiger partial charge in [-0.05, 0) is 41.7 Å². The van der Waals surface area contributed by atoms with E-state index in [1.54, 1.807) is 5.56 Å². The molecule has 0 atom stereocenters. The summed E-state index contributed by atoms with van der Waals surface area (Å²) in [4.78, 5) is 0. The van der Waals surface area contributed by atoms with Crippen molar-refractivity contribution in [2.75, 3.05) is 5.75 Å². The first-order valence-corrected chi connectivity index (χ1v) is 7.48. The second-order valence-electron chi connectivity index (χ2n) is 4.70. The van der Waals surface area contributed by atoms with Gasteiger partial charge < -0.3 is 0 Å². The molecule has 90 valence electrons. The van der Waals surface area contributed by atoms with E-state index in [0.717, 1.165) is 0 Å². The predicted octanol–water partition coefficient (Wildman–Crippen LogP) is 5.15. The lowest BCUT2D eigenvalue weighted by Crippen LogP contribution is -1.98. The van der Waals surface area contributed by atoms with E-state index in [1.807, 2.05) is 0 Å². The van der Waals surface area contributed by atoms with Crippen LogP contribution in [-0.2, 0) is 5.75 Å². The Labute approximate surface area is 105 Å². The monoisotopic (exact) mass is 236 g/mol. The Balaban J connectivity index is 2.69. The Bertz CT molecular complexity index is 315. The maximum absolute atomic E-state index is 2.29. The van der Waals surface area contributed by atoms with Crippen LogP contribution >= 0.6 is 11.8 Å². The molecular formula is C15H24S. The minimum atomic E-state index is 0.640. The highest BCUT2D eigenvalue weighted by Crippen LogP contribution is 2.26. The van der Waals surface area contributed by atoms with E-state index in [0.29, 0.717) is 5.92 Å². The molecule has 0 aromatic heterocycles. The molecule has 1 rings (SSSR count). The van der Waals surface area contributed by atoms with Gasteiger partial charge in [-0.3, -0.25) is 0 Å². The molecule has 1 aromatic rings. The molecule has 16 heavy (non-hydrogen) atoms. The third-order valence-electron chi connectivity index (χ3n) is 2.96. The first-order chi connectivity index (χ1) is 7.66. The molecule has 1 aromatic carbocycles. The SMILES string of the molecule is CCCCSCc1c(C)cccc1C(C)C. The standard InChI is InChI=1S/C15H24S/c1-5-6-10-16-11-15-13(4)8-7-9-14(15)12(2)3/h7-9,12H,5-6,10-11H2,1-4H3. The molecular weight excluding hydrogens is 212 g/mol. The smallest absolute Gasteiger partial charge is 0.0190 e. The maximum Gasteiger partial charge on any atom is 0.0190 e. The van der Waals surface area contributed by atoms with Gasteiger partial charge in [-0.15, -0.1) is 0 Å². The number of hydrogen-bond donors (Lipinski definition) is 0. The number of thioether (sulfide) groups is 1. The van der Waals surface area contributed by atoms with E-state index in [9.17, 15) is 0 Å². The Morgan fingerprint density at radius 2 is 2.00 bits per heavy atom. The van der Waals surface area contributed by atoms with Crippen molar-refractivity contribution >= 4 is 11.8 Å². The summed E-state index contributed by atoms with van der Waals surface area (Å²) >= 11 is 2.08. The minimum absolute atomic E-state index is 0.640. The van der Waals surface area contributed by atoms with Gasteiger partial charge in [0.05, 0.1) is 0 Å². The number of benzene rings is 1. The van der Waals surface area contributed by atoms with E-state index in [2.05, 4.69) is 57.7 Å².